The van der Waals surface area contributed by atoms with Gasteiger partial charge >= 0.3 is 5.69 Å². The largest absolute Gasteiger partial charge is 0.324 e. The zero-order valence-electron chi connectivity index (χ0n) is 14.5. The average molecular weight is 370 g/mol. The van der Waals surface area contributed by atoms with Gasteiger partial charge in [-0.3, -0.25) is 25.1 Å². The second kappa shape index (κ2) is 7.74. The Kier molecular flexibility index (Phi) is 5.22. The van der Waals surface area contributed by atoms with Crippen molar-refractivity contribution in [1.29, 1.82) is 0 Å². The molecule has 2 aromatic heterocycles. The minimum Gasteiger partial charge on any atom is -0.324 e. The number of amides is 1. The lowest BCUT2D eigenvalue weighted by Crippen LogP contribution is -2.14. The normalized spacial score (nSPS) is 10.7. The number of hydrogen-bond donors (Lipinski definition) is 4. The number of benzene rings is 1. The van der Waals surface area contributed by atoms with Crippen molar-refractivity contribution in [2.24, 2.45) is 5.73 Å². The highest BCUT2D eigenvalue weighted by Gasteiger charge is 2.28. The lowest BCUT2D eigenvalue weighted by Gasteiger charge is -2.04. The van der Waals surface area contributed by atoms with Crippen LogP contribution >= 0.6 is 0 Å². The van der Waals surface area contributed by atoms with Crippen LogP contribution in [0.3, 0.4) is 0 Å². The second-order valence-corrected chi connectivity index (χ2v) is 5.75. The molecule has 140 valence electrons. The summed E-state index contributed by atoms with van der Waals surface area (Å²) in [6.07, 6.45) is 1.13. The average Bonchev–Trinajstić information content (AvgIpc) is 3.29. The minimum atomic E-state index is -0.656. The molecule has 5 N–H and O–H groups in total. The molecule has 0 saturated carbocycles. The minimum absolute atomic E-state index is 0.242. The summed E-state index contributed by atoms with van der Waals surface area (Å²) in [6, 6.07) is 6.75. The van der Waals surface area contributed by atoms with E-state index in [1.165, 1.54) is 0 Å². The zero-order chi connectivity index (χ0) is 19.4. The van der Waals surface area contributed by atoms with Crippen LogP contribution in [0.25, 0.3) is 11.4 Å². The van der Waals surface area contributed by atoms with Gasteiger partial charge in [0.25, 0.3) is 5.91 Å². The van der Waals surface area contributed by atoms with Crippen LogP contribution < -0.4 is 11.1 Å². The number of aryl methyl sites for hydroxylation is 1. The molecule has 0 bridgehead atoms. The van der Waals surface area contributed by atoms with E-state index in [1.54, 1.807) is 24.3 Å². The molecule has 11 heteroatoms. The first-order valence-electron chi connectivity index (χ1n) is 8.28. The highest BCUT2D eigenvalue weighted by molar-refractivity contribution is 6.05. The van der Waals surface area contributed by atoms with E-state index in [0.29, 0.717) is 35.9 Å². The van der Waals surface area contributed by atoms with Gasteiger partial charge in [0.15, 0.2) is 5.82 Å². The smallest absolute Gasteiger partial charge is 0.322 e. The molecule has 0 aliphatic rings. The van der Waals surface area contributed by atoms with E-state index in [-0.39, 0.29) is 17.9 Å². The van der Waals surface area contributed by atoms with Gasteiger partial charge in [0.05, 0.1) is 11.5 Å². The monoisotopic (exact) mass is 370 g/mol. The molecule has 0 spiro atoms. The lowest BCUT2D eigenvalue weighted by molar-refractivity contribution is -0.385. The van der Waals surface area contributed by atoms with Crippen molar-refractivity contribution in [3.05, 3.63) is 51.6 Å². The Morgan fingerprint density at radius 2 is 2.00 bits per heavy atom. The third kappa shape index (κ3) is 3.82. The summed E-state index contributed by atoms with van der Waals surface area (Å²) in [5.74, 6) is 0.396. The molecule has 0 saturated heterocycles. The number of nitrogens with one attached hydrogen (secondary N) is 3. The van der Waals surface area contributed by atoms with Gasteiger partial charge < -0.3 is 11.1 Å². The number of nitro groups is 1. The summed E-state index contributed by atoms with van der Waals surface area (Å²) in [4.78, 5) is 27.3. The third-order valence-corrected chi connectivity index (χ3v) is 3.84. The summed E-state index contributed by atoms with van der Waals surface area (Å²) < 4.78 is 0. The van der Waals surface area contributed by atoms with Gasteiger partial charge in [-0.1, -0.05) is 13.3 Å². The number of hydrogen-bond acceptors (Lipinski definition) is 7. The predicted molar refractivity (Wildman–Crippen MR) is 96.9 cm³/mol. The molecule has 0 atom stereocenters. The van der Waals surface area contributed by atoms with Crippen LogP contribution in [0, 0.1) is 10.1 Å². The standard InChI is InChI=1S/C16H18N8O3/c1-2-3-11-14(24(26)27)13(22-20-11)16(25)18-10-6-4-9(5-7-10)15-19-12(8-17)21-23-15/h4-7H,2-3,8,17H2,1H3,(H,18,25)(H,20,22)(H,19,21,23). The van der Waals surface area contributed by atoms with E-state index in [2.05, 4.69) is 30.7 Å². The molecule has 3 rings (SSSR count). The van der Waals surface area contributed by atoms with Gasteiger partial charge in [-0.15, -0.1) is 0 Å². The van der Waals surface area contributed by atoms with Crippen LogP contribution in [-0.2, 0) is 13.0 Å². The Morgan fingerprint density at radius 1 is 1.26 bits per heavy atom. The Bertz CT molecular complexity index is 960. The van der Waals surface area contributed by atoms with E-state index in [4.69, 9.17) is 5.73 Å². The van der Waals surface area contributed by atoms with Gasteiger partial charge in [0.1, 0.15) is 11.5 Å². The number of H-pyrrole nitrogens is 2. The molecule has 0 aliphatic heterocycles. The molecule has 2 heterocycles. The number of nitrogens with zero attached hydrogens (tertiary/aromatic N) is 4. The van der Waals surface area contributed by atoms with Gasteiger partial charge in [-0.25, -0.2) is 4.98 Å². The summed E-state index contributed by atoms with van der Waals surface area (Å²) in [5, 5.41) is 27.1. The SMILES string of the molecule is CCCc1[nH]nc(C(=O)Nc2ccc(-c3n[nH]c(CN)n3)cc2)c1[N+](=O)[O-]. The lowest BCUT2D eigenvalue weighted by atomic mass is 10.2. The molecule has 0 aliphatic carbocycles. The third-order valence-electron chi connectivity index (χ3n) is 3.84. The molecule has 1 aromatic carbocycles. The molecule has 0 fully saturated rings. The van der Waals surface area contributed by atoms with Crippen LogP contribution in [0.2, 0.25) is 0 Å². The van der Waals surface area contributed by atoms with Crippen LogP contribution in [0.1, 0.15) is 35.4 Å². The Labute approximate surface area is 153 Å². The molecule has 11 nitrogen and oxygen atoms in total. The summed E-state index contributed by atoms with van der Waals surface area (Å²) in [7, 11) is 0. The van der Waals surface area contributed by atoms with E-state index in [1.807, 2.05) is 6.92 Å². The van der Waals surface area contributed by atoms with Crippen LogP contribution in [0.5, 0.6) is 0 Å². The van der Waals surface area contributed by atoms with Crippen LogP contribution in [-0.4, -0.2) is 36.2 Å². The van der Waals surface area contributed by atoms with Crippen molar-refractivity contribution in [3.8, 4) is 11.4 Å². The maximum Gasteiger partial charge on any atom is 0.322 e. The first-order chi connectivity index (χ1) is 13.0. The van der Waals surface area contributed by atoms with E-state index in [9.17, 15) is 14.9 Å². The maximum absolute atomic E-state index is 12.4. The van der Waals surface area contributed by atoms with Crippen molar-refractivity contribution in [2.45, 2.75) is 26.3 Å². The second-order valence-electron chi connectivity index (χ2n) is 5.75. The number of anilines is 1. The fourth-order valence-electron chi connectivity index (χ4n) is 2.56. The molecule has 0 radical (unpaired) electrons. The van der Waals surface area contributed by atoms with Crippen molar-refractivity contribution >= 4 is 17.3 Å². The maximum atomic E-state index is 12.4. The molecule has 0 unspecified atom stereocenters. The number of rotatable bonds is 7. The number of carbonyl (C=O) groups excluding carboxylic acids is 1. The number of nitrogens with two attached hydrogens (primary N) is 1. The predicted octanol–water partition coefficient (Wildman–Crippen LogP) is 1.77. The van der Waals surface area contributed by atoms with Crippen molar-refractivity contribution < 1.29 is 9.72 Å². The van der Waals surface area contributed by atoms with Gasteiger partial charge in [0, 0.05) is 11.3 Å². The fraction of sp³-hybridized carbons (Fsp3) is 0.250. The highest BCUT2D eigenvalue weighted by Crippen LogP contribution is 2.24. The Balaban J connectivity index is 1.77. The van der Waals surface area contributed by atoms with E-state index in [0.717, 1.165) is 5.56 Å². The van der Waals surface area contributed by atoms with Crippen molar-refractivity contribution in [1.82, 2.24) is 25.4 Å². The first kappa shape index (κ1) is 18.2. The highest BCUT2D eigenvalue weighted by atomic mass is 16.6. The van der Waals surface area contributed by atoms with Crippen molar-refractivity contribution in [2.75, 3.05) is 5.32 Å². The Hall–Kier alpha value is -3.60. The number of aromatic amines is 2. The molecular weight excluding hydrogens is 352 g/mol. The molecule has 1 amide bonds. The fourth-order valence-corrected chi connectivity index (χ4v) is 2.56. The van der Waals surface area contributed by atoms with Crippen LogP contribution in [0.15, 0.2) is 24.3 Å². The van der Waals surface area contributed by atoms with E-state index < -0.39 is 10.8 Å². The summed E-state index contributed by atoms with van der Waals surface area (Å²) in [6.45, 7) is 2.14. The van der Waals surface area contributed by atoms with Gasteiger partial charge in [0.2, 0.25) is 5.69 Å². The van der Waals surface area contributed by atoms with Gasteiger partial charge in [-0.2, -0.15) is 10.2 Å². The topological polar surface area (TPSA) is 169 Å². The summed E-state index contributed by atoms with van der Waals surface area (Å²) in [5.41, 5.74) is 6.50. The van der Waals surface area contributed by atoms with E-state index >= 15 is 0 Å². The zero-order valence-corrected chi connectivity index (χ0v) is 14.5. The quantitative estimate of drug-likeness (QED) is 0.363. The molecule has 3 aromatic rings. The molecule has 27 heavy (non-hydrogen) atoms. The summed E-state index contributed by atoms with van der Waals surface area (Å²) >= 11 is 0. The van der Waals surface area contributed by atoms with Crippen LogP contribution in [0.4, 0.5) is 11.4 Å². The number of carbonyl (C=O) groups is 1. The molecular formula is C16H18N8O3. The Morgan fingerprint density at radius 3 is 2.59 bits per heavy atom. The first-order valence-corrected chi connectivity index (χ1v) is 8.28. The number of aromatic nitrogens is 5. The van der Waals surface area contributed by atoms with Crippen molar-refractivity contribution in [3.63, 3.8) is 0 Å². The van der Waals surface area contributed by atoms with Gasteiger partial charge in [-0.05, 0) is 30.7 Å².